The lowest BCUT2D eigenvalue weighted by Crippen LogP contribution is -2.39. The van der Waals surface area contributed by atoms with Crippen molar-refractivity contribution in [2.24, 2.45) is 5.92 Å². The maximum absolute atomic E-state index is 12.0. The van der Waals surface area contributed by atoms with Crippen LogP contribution >= 0.6 is 24.2 Å². The van der Waals surface area contributed by atoms with Gasteiger partial charge in [-0.3, -0.25) is 4.79 Å². The molecule has 2 aliphatic rings. The number of rotatable bonds is 6. The molecule has 0 bridgehead atoms. The highest BCUT2D eigenvalue weighted by Gasteiger charge is 2.21. The normalized spacial score (nSPS) is 20.8. The van der Waals surface area contributed by atoms with Crippen molar-refractivity contribution in [3.63, 3.8) is 0 Å². The number of nitrogens with one attached hydrogen (secondary N) is 2. The van der Waals surface area contributed by atoms with Crippen LogP contribution in [0, 0.1) is 5.92 Å². The average Bonchev–Trinajstić information content (AvgIpc) is 3.32. The van der Waals surface area contributed by atoms with E-state index in [4.69, 9.17) is 4.74 Å². The number of halogens is 1. The average molecular weight is 343 g/mol. The van der Waals surface area contributed by atoms with E-state index in [1.807, 2.05) is 36.0 Å². The maximum atomic E-state index is 12.0. The van der Waals surface area contributed by atoms with Crippen molar-refractivity contribution in [2.75, 3.05) is 30.0 Å². The zero-order valence-electron chi connectivity index (χ0n) is 12.5. The van der Waals surface area contributed by atoms with E-state index >= 15 is 0 Å². The van der Waals surface area contributed by atoms with Gasteiger partial charge in [-0.1, -0.05) is 0 Å². The zero-order chi connectivity index (χ0) is 14.5. The third kappa shape index (κ3) is 5.71. The Kier molecular flexibility index (Phi) is 6.86. The quantitative estimate of drug-likeness (QED) is 0.834. The summed E-state index contributed by atoms with van der Waals surface area (Å²) in [4.78, 5) is 12.0. The molecule has 0 spiro atoms. The highest BCUT2D eigenvalue weighted by atomic mass is 35.5. The van der Waals surface area contributed by atoms with Crippen LogP contribution in [0.2, 0.25) is 0 Å². The lowest BCUT2D eigenvalue weighted by atomic mass is 10.2. The van der Waals surface area contributed by atoms with Gasteiger partial charge in [-0.05, 0) is 43.0 Å². The Morgan fingerprint density at radius 3 is 2.73 bits per heavy atom. The molecule has 1 unspecified atom stereocenters. The minimum atomic E-state index is 0. The Bertz CT molecular complexity index is 474. The van der Waals surface area contributed by atoms with Gasteiger partial charge in [0.2, 0.25) is 5.91 Å². The Morgan fingerprint density at radius 1 is 1.32 bits per heavy atom. The molecule has 2 fully saturated rings. The van der Waals surface area contributed by atoms with Crippen LogP contribution in [-0.2, 0) is 4.79 Å². The fourth-order valence-electron chi connectivity index (χ4n) is 2.32. The number of ether oxygens (including phenoxy) is 1. The van der Waals surface area contributed by atoms with Crippen molar-refractivity contribution in [2.45, 2.75) is 25.3 Å². The minimum absolute atomic E-state index is 0. The first-order valence-corrected chi connectivity index (χ1v) is 8.79. The summed E-state index contributed by atoms with van der Waals surface area (Å²) in [5.74, 6) is 3.86. The van der Waals surface area contributed by atoms with E-state index < -0.39 is 0 Å². The summed E-state index contributed by atoms with van der Waals surface area (Å²) in [7, 11) is 0. The van der Waals surface area contributed by atoms with E-state index in [2.05, 4.69) is 10.6 Å². The zero-order valence-corrected chi connectivity index (χ0v) is 14.2. The molecule has 122 valence electrons. The Balaban J connectivity index is 0.00000176. The fourth-order valence-corrected chi connectivity index (χ4v) is 3.27. The van der Waals surface area contributed by atoms with Gasteiger partial charge in [-0.15, -0.1) is 12.4 Å². The van der Waals surface area contributed by atoms with Crippen molar-refractivity contribution >= 4 is 35.8 Å². The molecule has 1 aliphatic carbocycles. The number of benzene rings is 1. The second kappa shape index (κ2) is 8.65. The van der Waals surface area contributed by atoms with Crippen LogP contribution < -0.4 is 15.4 Å². The highest BCUT2D eigenvalue weighted by molar-refractivity contribution is 7.99. The van der Waals surface area contributed by atoms with Crippen molar-refractivity contribution in [3.8, 4) is 5.75 Å². The largest absolute Gasteiger partial charge is 0.493 e. The number of hydrogen-bond acceptors (Lipinski definition) is 4. The molecule has 6 heteroatoms. The summed E-state index contributed by atoms with van der Waals surface area (Å²) in [6.45, 7) is 1.81. The summed E-state index contributed by atoms with van der Waals surface area (Å²) in [5, 5.41) is 6.33. The predicted octanol–water partition coefficient (Wildman–Crippen LogP) is 2.93. The van der Waals surface area contributed by atoms with Crippen LogP contribution in [0.3, 0.4) is 0 Å². The van der Waals surface area contributed by atoms with E-state index in [0.717, 1.165) is 42.0 Å². The van der Waals surface area contributed by atoms with Gasteiger partial charge in [-0.2, -0.15) is 11.8 Å². The summed E-state index contributed by atoms with van der Waals surface area (Å²) >= 11 is 1.91. The van der Waals surface area contributed by atoms with E-state index in [-0.39, 0.29) is 18.3 Å². The number of hydrogen-bond donors (Lipinski definition) is 2. The van der Waals surface area contributed by atoms with E-state index in [9.17, 15) is 4.79 Å². The molecule has 0 aromatic heterocycles. The van der Waals surface area contributed by atoms with Gasteiger partial charge >= 0.3 is 0 Å². The number of carbonyl (C=O) groups excluding carboxylic acids is 1. The van der Waals surface area contributed by atoms with Crippen molar-refractivity contribution in [1.82, 2.24) is 5.32 Å². The summed E-state index contributed by atoms with van der Waals surface area (Å²) in [6, 6.07) is 7.95. The predicted molar refractivity (Wildman–Crippen MR) is 94.3 cm³/mol. The highest BCUT2D eigenvalue weighted by Crippen LogP contribution is 2.29. The molecule has 1 atom stereocenters. The molecule has 1 aliphatic heterocycles. The molecule has 3 rings (SSSR count). The summed E-state index contributed by atoms with van der Waals surface area (Å²) in [6.07, 6.45) is 3.12. The number of carbonyl (C=O) groups is 1. The molecule has 22 heavy (non-hydrogen) atoms. The smallest absolute Gasteiger partial charge is 0.225 e. The molecule has 1 saturated carbocycles. The Hall–Kier alpha value is -0.910. The standard InChI is InChI=1S/C16H22N2O2S.ClH/c19-16(9-14-11-21-8-7-17-14)18-13-3-5-15(6-4-13)20-10-12-1-2-12;/h3-6,12,14,17H,1-2,7-11H2,(H,18,19);1H. The lowest BCUT2D eigenvalue weighted by molar-refractivity contribution is -0.116. The summed E-state index contributed by atoms with van der Waals surface area (Å²) < 4.78 is 5.69. The van der Waals surface area contributed by atoms with Gasteiger partial charge in [-0.25, -0.2) is 0 Å². The first-order chi connectivity index (χ1) is 10.3. The van der Waals surface area contributed by atoms with E-state index in [0.29, 0.717) is 12.5 Å². The van der Waals surface area contributed by atoms with E-state index in [1.165, 1.54) is 12.8 Å². The third-order valence-electron chi connectivity index (χ3n) is 3.75. The molecular weight excluding hydrogens is 320 g/mol. The Morgan fingerprint density at radius 2 is 2.09 bits per heavy atom. The van der Waals surface area contributed by atoms with Gasteiger partial charge in [0.25, 0.3) is 0 Å². The molecule has 1 saturated heterocycles. The van der Waals surface area contributed by atoms with E-state index in [1.54, 1.807) is 0 Å². The molecular formula is C16H23ClN2O2S. The van der Waals surface area contributed by atoms with Crippen LogP contribution in [0.4, 0.5) is 5.69 Å². The molecule has 2 N–H and O–H groups in total. The molecule has 1 aromatic carbocycles. The monoisotopic (exact) mass is 342 g/mol. The number of amides is 1. The molecule has 4 nitrogen and oxygen atoms in total. The number of thioether (sulfide) groups is 1. The van der Waals surface area contributed by atoms with Crippen molar-refractivity contribution in [1.29, 1.82) is 0 Å². The van der Waals surface area contributed by atoms with Gasteiger partial charge in [0.15, 0.2) is 0 Å². The number of anilines is 1. The lowest BCUT2D eigenvalue weighted by Gasteiger charge is -2.22. The first-order valence-electron chi connectivity index (χ1n) is 7.63. The topological polar surface area (TPSA) is 50.4 Å². The van der Waals surface area contributed by atoms with Crippen LogP contribution in [0.5, 0.6) is 5.75 Å². The SMILES string of the molecule is Cl.O=C(CC1CSCCN1)Nc1ccc(OCC2CC2)cc1. The van der Waals surface area contributed by atoms with Crippen molar-refractivity contribution < 1.29 is 9.53 Å². The second-order valence-electron chi connectivity index (χ2n) is 5.76. The van der Waals surface area contributed by atoms with Gasteiger partial charge < -0.3 is 15.4 Å². The molecule has 1 amide bonds. The van der Waals surface area contributed by atoms with Crippen LogP contribution in [0.15, 0.2) is 24.3 Å². The van der Waals surface area contributed by atoms with Crippen LogP contribution in [-0.4, -0.2) is 36.6 Å². The van der Waals surface area contributed by atoms with Crippen LogP contribution in [0.25, 0.3) is 0 Å². The van der Waals surface area contributed by atoms with Gasteiger partial charge in [0.1, 0.15) is 5.75 Å². The molecule has 1 heterocycles. The second-order valence-corrected chi connectivity index (χ2v) is 6.91. The molecule has 1 aromatic rings. The maximum Gasteiger partial charge on any atom is 0.225 e. The van der Waals surface area contributed by atoms with Gasteiger partial charge in [0, 0.05) is 36.2 Å². The molecule has 0 radical (unpaired) electrons. The summed E-state index contributed by atoms with van der Waals surface area (Å²) in [5.41, 5.74) is 0.835. The first kappa shape index (κ1) is 17.4. The Labute approximate surface area is 142 Å². The van der Waals surface area contributed by atoms with Gasteiger partial charge in [0.05, 0.1) is 6.61 Å². The van der Waals surface area contributed by atoms with Crippen molar-refractivity contribution in [3.05, 3.63) is 24.3 Å². The van der Waals surface area contributed by atoms with Crippen LogP contribution in [0.1, 0.15) is 19.3 Å². The minimum Gasteiger partial charge on any atom is -0.493 e. The fraction of sp³-hybridized carbons (Fsp3) is 0.562. The third-order valence-corrected chi connectivity index (χ3v) is 4.88.